The van der Waals surface area contributed by atoms with Crippen LogP contribution in [0.4, 0.5) is 0 Å². The lowest BCUT2D eigenvalue weighted by Crippen LogP contribution is -2.48. The maximum atomic E-state index is 6.23. The van der Waals surface area contributed by atoms with E-state index in [2.05, 4.69) is 48.8 Å². The summed E-state index contributed by atoms with van der Waals surface area (Å²) in [4.78, 5) is 0. The molecule has 0 amide bonds. The fourth-order valence-electron chi connectivity index (χ4n) is 3.18. The van der Waals surface area contributed by atoms with Gasteiger partial charge in [0.25, 0.3) is 0 Å². The molecule has 0 bridgehead atoms. The third kappa shape index (κ3) is 1.88. The van der Waals surface area contributed by atoms with Gasteiger partial charge < -0.3 is 9.47 Å². The van der Waals surface area contributed by atoms with Crippen LogP contribution in [0.5, 0.6) is 5.75 Å². The monoisotopic (exact) mass is 310 g/mol. The Morgan fingerprint density at radius 1 is 1.28 bits per heavy atom. The van der Waals surface area contributed by atoms with Crippen LogP contribution in [0, 0.1) is 5.92 Å². The van der Waals surface area contributed by atoms with Crippen LogP contribution in [0.2, 0.25) is 0 Å². The van der Waals surface area contributed by atoms with Gasteiger partial charge in [-0.25, -0.2) is 0 Å². The van der Waals surface area contributed by atoms with Gasteiger partial charge in [-0.2, -0.15) is 0 Å². The van der Waals surface area contributed by atoms with Gasteiger partial charge in [-0.15, -0.1) is 0 Å². The zero-order valence-electron chi connectivity index (χ0n) is 11.1. The zero-order valence-corrected chi connectivity index (χ0v) is 12.7. The van der Waals surface area contributed by atoms with Crippen molar-refractivity contribution >= 4 is 15.9 Å². The second-order valence-electron chi connectivity index (χ2n) is 5.91. The number of hydrogen-bond donors (Lipinski definition) is 0. The van der Waals surface area contributed by atoms with Gasteiger partial charge in [-0.05, 0) is 55.6 Å². The number of ether oxygens (including phenoxy) is 2. The molecule has 1 aromatic rings. The molecule has 0 aliphatic carbocycles. The van der Waals surface area contributed by atoms with E-state index in [1.165, 1.54) is 12.0 Å². The summed E-state index contributed by atoms with van der Waals surface area (Å²) in [5.74, 6) is 1.40. The molecule has 1 aromatic carbocycles. The second-order valence-corrected chi connectivity index (χ2v) is 6.77. The van der Waals surface area contributed by atoms with Gasteiger partial charge in [-0.3, -0.25) is 0 Å². The topological polar surface area (TPSA) is 18.5 Å². The predicted octanol–water partition coefficient (Wildman–Crippen LogP) is 4.48. The first-order valence-corrected chi connectivity index (χ1v) is 7.41. The summed E-state index contributed by atoms with van der Waals surface area (Å²) in [6.07, 6.45) is 2.80. The van der Waals surface area contributed by atoms with Gasteiger partial charge >= 0.3 is 0 Å². The molecule has 0 saturated carbocycles. The van der Waals surface area contributed by atoms with Gasteiger partial charge in [0, 0.05) is 11.5 Å². The minimum atomic E-state index is -0.165. The van der Waals surface area contributed by atoms with Crippen molar-refractivity contribution in [2.45, 2.75) is 51.4 Å². The normalized spacial score (nSPS) is 33.2. The molecule has 2 heterocycles. The lowest BCUT2D eigenvalue weighted by molar-refractivity contribution is -0.144. The van der Waals surface area contributed by atoms with Gasteiger partial charge in [0.1, 0.15) is 11.4 Å². The standard InChI is InChI=1S/C15H19BrO2/c1-9-7-8-11-13(17-9)10-5-4-6-12(16)14(10)18-15(11,2)3/h4-6,9,11,13H,7-8H2,1-3H3/t9-,11-,13+/m1/s1. The molecule has 0 aromatic heterocycles. The fourth-order valence-corrected chi connectivity index (χ4v) is 3.64. The van der Waals surface area contributed by atoms with E-state index in [1.807, 2.05) is 6.07 Å². The minimum Gasteiger partial charge on any atom is -0.486 e. The smallest absolute Gasteiger partial charge is 0.140 e. The van der Waals surface area contributed by atoms with E-state index in [0.29, 0.717) is 12.0 Å². The Hall–Kier alpha value is -0.540. The van der Waals surface area contributed by atoms with Crippen LogP contribution in [0.25, 0.3) is 0 Å². The third-order valence-corrected chi connectivity index (χ3v) is 4.82. The molecular weight excluding hydrogens is 292 g/mol. The maximum absolute atomic E-state index is 6.23. The Morgan fingerprint density at radius 2 is 2.06 bits per heavy atom. The lowest BCUT2D eigenvalue weighted by atomic mass is 9.75. The molecule has 3 rings (SSSR count). The number of benzene rings is 1. The van der Waals surface area contributed by atoms with E-state index in [1.54, 1.807) is 0 Å². The third-order valence-electron chi connectivity index (χ3n) is 4.19. The van der Waals surface area contributed by atoms with Gasteiger partial charge in [-0.1, -0.05) is 12.1 Å². The number of halogens is 1. The molecular formula is C15H19BrO2. The molecule has 3 heteroatoms. The van der Waals surface area contributed by atoms with E-state index in [-0.39, 0.29) is 11.7 Å². The van der Waals surface area contributed by atoms with Gasteiger partial charge in [0.15, 0.2) is 0 Å². The summed E-state index contributed by atoms with van der Waals surface area (Å²) in [6, 6.07) is 6.22. The van der Waals surface area contributed by atoms with Gasteiger partial charge in [0.2, 0.25) is 0 Å². The van der Waals surface area contributed by atoms with Crippen molar-refractivity contribution < 1.29 is 9.47 Å². The van der Waals surface area contributed by atoms with Crippen molar-refractivity contribution in [3.63, 3.8) is 0 Å². The highest BCUT2D eigenvalue weighted by atomic mass is 79.9. The summed E-state index contributed by atoms with van der Waals surface area (Å²) >= 11 is 3.58. The molecule has 98 valence electrons. The van der Waals surface area contributed by atoms with Crippen molar-refractivity contribution in [2.24, 2.45) is 5.92 Å². The first-order chi connectivity index (χ1) is 8.49. The first kappa shape index (κ1) is 12.5. The van der Waals surface area contributed by atoms with E-state index < -0.39 is 0 Å². The highest BCUT2D eigenvalue weighted by Crippen LogP contribution is 2.52. The highest BCUT2D eigenvalue weighted by molar-refractivity contribution is 9.10. The van der Waals surface area contributed by atoms with Crippen LogP contribution < -0.4 is 4.74 Å². The molecule has 0 unspecified atom stereocenters. The summed E-state index contributed by atoms with van der Waals surface area (Å²) < 4.78 is 13.5. The molecule has 0 spiro atoms. The fraction of sp³-hybridized carbons (Fsp3) is 0.600. The molecule has 0 radical (unpaired) electrons. The summed E-state index contributed by atoms with van der Waals surface area (Å²) in [5.41, 5.74) is 1.03. The van der Waals surface area contributed by atoms with Crippen molar-refractivity contribution in [1.29, 1.82) is 0 Å². The molecule has 1 fully saturated rings. The van der Waals surface area contributed by atoms with Crippen molar-refractivity contribution in [1.82, 2.24) is 0 Å². The Balaban J connectivity index is 2.09. The predicted molar refractivity (Wildman–Crippen MR) is 74.9 cm³/mol. The molecule has 3 atom stereocenters. The Kier molecular flexibility index (Phi) is 2.94. The van der Waals surface area contributed by atoms with Crippen LogP contribution in [0.3, 0.4) is 0 Å². The molecule has 1 saturated heterocycles. The van der Waals surface area contributed by atoms with Crippen LogP contribution in [-0.2, 0) is 4.74 Å². The first-order valence-electron chi connectivity index (χ1n) is 6.62. The van der Waals surface area contributed by atoms with Gasteiger partial charge in [0.05, 0.1) is 16.7 Å². The van der Waals surface area contributed by atoms with E-state index in [9.17, 15) is 0 Å². The lowest BCUT2D eigenvalue weighted by Gasteiger charge is -2.48. The Bertz CT molecular complexity index is 470. The van der Waals surface area contributed by atoms with Crippen LogP contribution >= 0.6 is 15.9 Å². The molecule has 0 N–H and O–H groups in total. The second kappa shape index (κ2) is 4.24. The van der Waals surface area contributed by atoms with Crippen molar-refractivity contribution in [3.05, 3.63) is 28.2 Å². The quantitative estimate of drug-likeness (QED) is 0.703. The van der Waals surface area contributed by atoms with E-state index in [4.69, 9.17) is 9.47 Å². The van der Waals surface area contributed by atoms with Crippen molar-refractivity contribution in [2.75, 3.05) is 0 Å². The maximum Gasteiger partial charge on any atom is 0.140 e. The van der Waals surface area contributed by atoms with Crippen molar-refractivity contribution in [3.8, 4) is 5.75 Å². The molecule has 2 aliphatic heterocycles. The number of rotatable bonds is 0. The van der Waals surface area contributed by atoms with Crippen LogP contribution in [-0.4, -0.2) is 11.7 Å². The SMILES string of the molecule is C[C@@H]1CC[C@@H]2[C@@H](O1)c1cccc(Br)c1OC2(C)C. The summed E-state index contributed by atoms with van der Waals surface area (Å²) in [6.45, 7) is 6.51. The number of hydrogen-bond acceptors (Lipinski definition) is 2. The summed E-state index contributed by atoms with van der Waals surface area (Å²) in [5, 5.41) is 0. The number of fused-ring (bicyclic) bond motifs is 3. The zero-order chi connectivity index (χ0) is 12.9. The number of para-hydroxylation sites is 1. The van der Waals surface area contributed by atoms with E-state index >= 15 is 0 Å². The van der Waals surface area contributed by atoms with E-state index in [0.717, 1.165) is 16.6 Å². The molecule has 18 heavy (non-hydrogen) atoms. The average molecular weight is 311 g/mol. The average Bonchev–Trinajstić information content (AvgIpc) is 2.30. The summed E-state index contributed by atoms with van der Waals surface area (Å²) in [7, 11) is 0. The van der Waals surface area contributed by atoms with Crippen LogP contribution in [0.15, 0.2) is 22.7 Å². The Morgan fingerprint density at radius 3 is 2.83 bits per heavy atom. The highest BCUT2D eigenvalue weighted by Gasteiger charge is 2.47. The molecule has 2 aliphatic rings. The Labute approximate surface area is 117 Å². The van der Waals surface area contributed by atoms with Crippen LogP contribution in [0.1, 0.15) is 45.3 Å². The molecule has 2 nitrogen and oxygen atoms in total. The minimum absolute atomic E-state index is 0.165. The largest absolute Gasteiger partial charge is 0.486 e.